The van der Waals surface area contributed by atoms with Crippen molar-refractivity contribution in [2.75, 3.05) is 13.2 Å². The molecular weight excluding hydrogens is 805 g/mol. The molecule has 0 aliphatic carbocycles. The zero-order valence-electron chi connectivity index (χ0n) is 42.7. The molecule has 0 heterocycles. The Morgan fingerprint density at radius 3 is 1.02 bits per heavy atom. The Labute approximate surface area is 402 Å². The molecule has 0 saturated heterocycles. The maximum atomic E-state index is 12.8. The lowest BCUT2D eigenvalue weighted by atomic mass is 10.0. The van der Waals surface area contributed by atoms with Gasteiger partial charge in [0.25, 0.3) is 0 Å². The van der Waals surface area contributed by atoms with Gasteiger partial charge in [0.15, 0.2) is 6.10 Å². The third-order valence-corrected chi connectivity index (χ3v) is 11.7. The van der Waals surface area contributed by atoms with E-state index in [1.165, 1.54) is 116 Å². The number of hydrogen-bond acceptors (Lipinski definition) is 6. The molecule has 374 valence electrons. The number of ether oxygens (including phenoxy) is 3. The van der Waals surface area contributed by atoms with Crippen molar-refractivity contribution in [3.63, 3.8) is 0 Å². The Kier molecular flexibility index (Phi) is 50.9. The summed E-state index contributed by atoms with van der Waals surface area (Å²) in [5.41, 5.74) is 0. The molecule has 6 nitrogen and oxygen atoms in total. The average Bonchev–Trinajstić information content (AvgIpc) is 3.30. The predicted molar refractivity (Wildman–Crippen MR) is 279 cm³/mol. The first-order valence-electron chi connectivity index (χ1n) is 27.4. The van der Waals surface area contributed by atoms with E-state index in [0.717, 1.165) is 103 Å². The zero-order valence-corrected chi connectivity index (χ0v) is 42.7. The van der Waals surface area contributed by atoms with E-state index in [-0.39, 0.29) is 37.5 Å². The number of hydrogen-bond donors (Lipinski definition) is 0. The van der Waals surface area contributed by atoms with Crippen LogP contribution in [0.25, 0.3) is 0 Å². The van der Waals surface area contributed by atoms with Gasteiger partial charge in [-0.15, -0.1) is 0 Å². The van der Waals surface area contributed by atoms with Crippen molar-refractivity contribution in [2.24, 2.45) is 0 Å². The number of carbonyl (C=O) groups is 3. The standard InChI is InChI=1S/C59H102O6/c1-4-7-10-13-16-19-22-25-28-29-30-32-34-37-40-43-46-49-52-58(61)64-55-56(54-63-57(60)51-48-45-42-39-36-33-27-24-21-18-15-12-9-6-3)65-59(62)53-50-47-44-41-38-35-31-26-23-20-17-14-11-8-5-2/h8,11,15,17-18,20,24,26-27,31,38,41,56H,4-7,9-10,12-14,16,19,21-23,25,28-30,32-37,39-40,42-55H2,1-3H3/b11-8-,18-15-,20-17-,27-24-,31-26-,41-38-/t56-/m1/s1. The third-order valence-electron chi connectivity index (χ3n) is 11.7. The Hall–Kier alpha value is -3.15. The highest BCUT2D eigenvalue weighted by Crippen LogP contribution is 2.16. The molecule has 65 heavy (non-hydrogen) atoms. The molecule has 1 atom stereocenters. The third kappa shape index (κ3) is 51.7. The summed E-state index contributed by atoms with van der Waals surface area (Å²) in [5, 5.41) is 0. The lowest BCUT2D eigenvalue weighted by Crippen LogP contribution is -2.30. The second-order valence-corrected chi connectivity index (χ2v) is 18.1. The highest BCUT2D eigenvalue weighted by molar-refractivity contribution is 5.71. The summed E-state index contributed by atoms with van der Waals surface area (Å²) in [4.78, 5) is 38.1. The molecule has 0 aromatic heterocycles. The Balaban J connectivity index is 4.42. The van der Waals surface area contributed by atoms with Crippen LogP contribution in [0.5, 0.6) is 0 Å². The molecule has 0 aromatic carbocycles. The topological polar surface area (TPSA) is 78.9 Å². The van der Waals surface area contributed by atoms with E-state index in [2.05, 4.69) is 93.7 Å². The number of rotatable bonds is 49. The number of carbonyl (C=O) groups excluding carboxylic acids is 3. The van der Waals surface area contributed by atoms with Gasteiger partial charge in [-0.1, -0.05) is 235 Å². The smallest absolute Gasteiger partial charge is 0.306 e. The maximum Gasteiger partial charge on any atom is 0.306 e. The van der Waals surface area contributed by atoms with Crippen molar-refractivity contribution in [3.8, 4) is 0 Å². The first kappa shape index (κ1) is 61.9. The summed E-state index contributed by atoms with van der Waals surface area (Å²) >= 11 is 0. The van der Waals surface area contributed by atoms with Gasteiger partial charge in [0.05, 0.1) is 0 Å². The summed E-state index contributed by atoms with van der Waals surface area (Å²) < 4.78 is 16.8. The number of unbranched alkanes of at least 4 members (excludes halogenated alkanes) is 26. The minimum absolute atomic E-state index is 0.0948. The minimum Gasteiger partial charge on any atom is -0.462 e. The molecular formula is C59H102O6. The van der Waals surface area contributed by atoms with Crippen LogP contribution in [-0.4, -0.2) is 37.2 Å². The first-order valence-corrected chi connectivity index (χ1v) is 27.4. The molecule has 6 heteroatoms. The second kappa shape index (κ2) is 53.5. The Bertz CT molecular complexity index is 1230. The molecule has 0 spiro atoms. The van der Waals surface area contributed by atoms with Gasteiger partial charge in [-0.3, -0.25) is 14.4 Å². The normalized spacial score (nSPS) is 12.6. The van der Waals surface area contributed by atoms with Crippen LogP contribution in [-0.2, 0) is 28.6 Å². The highest BCUT2D eigenvalue weighted by Gasteiger charge is 2.19. The average molecular weight is 907 g/mol. The van der Waals surface area contributed by atoms with Crippen molar-refractivity contribution < 1.29 is 28.6 Å². The first-order chi connectivity index (χ1) is 32.0. The van der Waals surface area contributed by atoms with Gasteiger partial charge in [-0.05, 0) is 83.5 Å². The Morgan fingerprint density at radius 1 is 0.323 bits per heavy atom. The highest BCUT2D eigenvalue weighted by atomic mass is 16.6. The molecule has 0 fully saturated rings. The molecule has 0 bridgehead atoms. The van der Waals surface area contributed by atoms with E-state index in [9.17, 15) is 14.4 Å². The van der Waals surface area contributed by atoms with Gasteiger partial charge in [-0.25, -0.2) is 0 Å². The van der Waals surface area contributed by atoms with E-state index in [4.69, 9.17) is 14.2 Å². The lowest BCUT2D eigenvalue weighted by molar-refractivity contribution is -0.167. The number of allylic oxidation sites excluding steroid dienone is 12. The van der Waals surface area contributed by atoms with Crippen molar-refractivity contribution in [2.45, 2.75) is 271 Å². The van der Waals surface area contributed by atoms with Gasteiger partial charge in [0, 0.05) is 19.3 Å². The van der Waals surface area contributed by atoms with E-state index >= 15 is 0 Å². The van der Waals surface area contributed by atoms with E-state index in [1.54, 1.807) is 0 Å². The SMILES string of the molecule is CC/C=C\C/C=C\C/C=C\C/C=C\CCCCC(=O)O[C@H](COC(=O)CCCCCCC/C=C\C/C=C\CCCC)COC(=O)CCCCCCCCCCCCCCCCCCCC. The fraction of sp³-hybridized carbons (Fsp3) is 0.746. The summed E-state index contributed by atoms with van der Waals surface area (Å²) in [5.74, 6) is -0.945. The van der Waals surface area contributed by atoms with Gasteiger partial charge < -0.3 is 14.2 Å². The van der Waals surface area contributed by atoms with E-state index in [1.807, 2.05) is 0 Å². The van der Waals surface area contributed by atoms with Gasteiger partial charge in [0.2, 0.25) is 0 Å². The van der Waals surface area contributed by atoms with Gasteiger partial charge >= 0.3 is 17.9 Å². The van der Waals surface area contributed by atoms with Crippen molar-refractivity contribution in [1.82, 2.24) is 0 Å². The molecule has 0 N–H and O–H groups in total. The van der Waals surface area contributed by atoms with Gasteiger partial charge in [0.1, 0.15) is 13.2 Å². The minimum atomic E-state index is -0.801. The maximum absolute atomic E-state index is 12.8. The summed E-state index contributed by atoms with van der Waals surface area (Å²) in [6, 6.07) is 0. The molecule has 0 radical (unpaired) electrons. The summed E-state index contributed by atoms with van der Waals surface area (Å²) in [6.45, 7) is 6.45. The molecule has 0 aromatic rings. The molecule has 0 saturated carbocycles. The van der Waals surface area contributed by atoms with Crippen molar-refractivity contribution >= 4 is 17.9 Å². The van der Waals surface area contributed by atoms with E-state index in [0.29, 0.717) is 19.3 Å². The predicted octanol–water partition coefficient (Wildman–Crippen LogP) is 18.2. The molecule has 0 rings (SSSR count). The van der Waals surface area contributed by atoms with Crippen LogP contribution in [0.3, 0.4) is 0 Å². The fourth-order valence-corrected chi connectivity index (χ4v) is 7.57. The molecule has 0 aliphatic rings. The monoisotopic (exact) mass is 907 g/mol. The fourth-order valence-electron chi connectivity index (χ4n) is 7.57. The largest absolute Gasteiger partial charge is 0.462 e. The number of esters is 3. The lowest BCUT2D eigenvalue weighted by Gasteiger charge is -2.18. The van der Waals surface area contributed by atoms with Crippen LogP contribution in [0.2, 0.25) is 0 Å². The zero-order chi connectivity index (χ0) is 47.2. The molecule has 0 unspecified atom stereocenters. The Morgan fingerprint density at radius 2 is 0.615 bits per heavy atom. The van der Waals surface area contributed by atoms with Crippen LogP contribution in [0.4, 0.5) is 0 Å². The summed E-state index contributed by atoms with van der Waals surface area (Å²) in [6.07, 6.45) is 67.5. The second-order valence-electron chi connectivity index (χ2n) is 18.1. The van der Waals surface area contributed by atoms with Crippen molar-refractivity contribution in [3.05, 3.63) is 72.9 Å². The van der Waals surface area contributed by atoms with Crippen LogP contribution in [0.15, 0.2) is 72.9 Å². The molecule has 0 amide bonds. The molecule has 0 aliphatic heterocycles. The van der Waals surface area contributed by atoms with Crippen LogP contribution in [0, 0.1) is 0 Å². The summed E-state index contributed by atoms with van der Waals surface area (Å²) in [7, 11) is 0. The van der Waals surface area contributed by atoms with Crippen LogP contribution in [0.1, 0.15) is 265 Å². The van der Waals surface area contributed by atoms with Crippen LogP contribution >= 0.6 is 0 Å². The van der Waals surface area contributed by atoms with Gasteiger partial charge in [-0.2, -0.15) is 0 Å². The van der Waals surface area contributed by atoms with E-state index < -0.39 is 6.10 Å². The van der Waals surface area contributed by atoms with Crippen molar-refractivity contribution in [1.29, 1.82) is 0 Å². The van der Waals surface area contributed by atoms with Crippen LogP contribution < -0.4 is 0 Å². The quantitative estimate of drug-likeness (QED) is 0.0262.